The monoisotopic (exact) mass is 183 g/mol. The van der Waals surface area contributed by atoms with Crippen molar-refractivity contribution in [1.29, 1.82) is 0 Å². The van der Waals surface area contributed by atoms with E-state index >= 15 is 0 Å². The lowest BCUT2D eigenvalue weighted by atomic mass is 9.91. The molecule has 3 heteroatoms. The van der Waals surface area contributed by atoms with Gasteiger partial charge in [-0.05, 0) is 17.5 Å². The van der Waals surface area contributed by atoms with Crippen molar-refractivity contribution in [3.63, 3.8) is 0 Å². The highest BCUT2D eigenvalue weighted by molar-refractivity contribution is 5.14. The summed E-state index contributed by atoms with van der Waals surface area (Å²) >= 11 is 0. The molecule has 0 spiro atoms. The Kier molecular flexibility index (Phi) is 3.34. The molecule has 0 N–H and O–H groups in total. The topological polar surface area (TPSA) is 35.3 Å². The van der Waals surface area contributed by atoms with Gasteiger partial charge in [-0.2, -0.15) is 0 Å². The molecule has 3 nitrogen and oxygen atoms in total. The average molecular weight is 183 g/mol. The van der Waals surface area contributed by atoms with Gasteiger partial charge in [0.1, 0.15) is 5.76 Å². The van der Waals surface area contributed by atoms with Crippen LogP contribution in [0.5, 0.6) is 5.88 Å². The summed E-state index contributed by atoms with van der Waals surface area (Å²) < 4.78 is 10.2. The van der Waals surface area contributed by atoms with Gasteiger partial charge in [-0.15, -0.1) is 0 Å². The van der Waals surface area contributed by atoms with Gasteiger partial charge in [0.15, 0.2) is 0 Å². The molecule has 0 bridgehead atoms. The van der Waals surface area contributed by atoms with E-state index in [1.54, 1.807) is 7.11 Å². The predicted molar refractivity (Wildman–Crippen MR) is 50.9 cm³/mol. The smallest absolute Gasteiger partial charge is 0.254 e. The highest BCUT2D eigenvalue weighted by Gasteiger charge is 2.18. The maximum absolute atomic E-state index is 5.19. The molecule has 1 aromatic rings. The van der Waals surface area contributed by atoms with Crippen LogP contribution in [-0.2, 0) is 0 Å². The van der Waals surface area contributed by atoms with Crippen LogP contribution in [0.25, 0.3) is 0 Å². The van der Waals surface area contributed by atoms with Gasteiger partial charge in [0.05, 0.1) is 7.11 Å². The van der Waals surface area contributed by atoms with E-state index in [4.69, 9.17) is 9.26 Å². The molecule has 0 aliphatic rings. The summed E-state index contributed by atoms with van der Waals surface area (Å²) in [5.41, 5.74) is 0. The minimum atomic E-state index is 0.441. The summed E-state index contributed by atoms with van der Waals surface area (Å²) in [5.74, 6) is 2.50. The lowest BCUT2D eigenvalue weighted by Crippen LogP contribution is -2.03. The maximum Gasteiger partial charge on any atom is 0.254 e. The van der Waals surface area contributed by atoms with Crippen LogP contribution < -0.4 is 4.74 Å². The zero-order valence-electron chi connectivity index (χ0n) is 8.70. The van der Waals surface area contributed by atoms with Crippen molar-refractivity contribution in [2.45, 2.75) is 33.1 Å². The lowest BCUT2D eigenvalue weighted by molar-refractivity contribution is 0.299. The van der Waals surface area contributed by atoms with Gasteiger partial charge >= 0.3 is 0 Å². The van der Waals surface area contributed by atoms with E-state index in [0.29, 0.717) is 17.7 Å². The number of hydrogen-bond acceptors (Lipinski definition) is 3. The van der Waals surface area contributed by atoms with Crippen molar-refractivity contribution in [2.75, 3.05) is 7.11 Å². The zero-order valence-corrected chi connectivity index (χ0v) is 8.70. The SMILES string of the molecule is CCC(c1cc(OC)no1)C(C)C. The summed E-state index contributed by atoms with van der Waals surface area (Å²) in [6.07, 6.45) is 1.07. The summed E-state index contributed by atoms with van der Waals surface area (Å²) in [5, 5.41) is 3.79. The zero-order chi connectivity index (χ0) is 9.84. The number of rotatable bonds is 4. The fraction of sp³-hybridized carbons (Fsp3) is 0.700. The molecule has 13 heavy (non-hydrogen) atoms. The maximum atomic E-state index is 5.19. The van der Waals surface area contributed by atoms with E-state index in [1.807, 2.05) is 6.07 Å². The largest absolute Gasteiger partial charge is 0.479 e. The summed E-state index contributed by atoms with van der Waals surface area (Å²) in [6.45, 7) is 6.52. The van der Waals surface area contributed by atoms with Gasteiger partial charge in [0.25, 0.3) is 5.88 Å². The third-order valence-electron chi connectivity index (χ3n) is 2.33. The van der Waals surface area contributed by atoms with E-state index in [1.165, 1.54) is 0 Å². The summed E-state index contributed by atoms with van der Waals surface area (Å²) in [6, 6.07) is 1.87. The van der Waals surface area contributed by atoms with Crippen LogP contribution in [0.1, 0.15) is 38.9 Å². The van der Waals surface area contributed by atoms with Crippen molar-refractivity contribution >= 4 is 0 Å². The first-order valence-electron chi connectivity index (χ1n) is 4.69. The molecule has 1 aromatic heterocycles. The first-order valence-corrected chi connectivity index (χ1v) is 4.69. The van der Waals surface area contributed by atoms with Gasteiger partial charge in [-0.1, -0.05) is 20.8 Å². The van der Waals surface area contributed by atoms with E-state index in [0.717, 1.165) is 12.2 Å². The molecule has 0 aliphatic carbocycles. The first kappa shape index (κ1) is 10.1. The number of methoxy groups -OCH3 is 1. The van der Waals surface area contributed by atoms with Gasteiger partial charge in [0.2, 0.25) is 0 Å². The highest BCUT2D eigenvalue weighted by atomic mass is 16.5. The van der Waals surface area contributed by atoms with Gasteiger partial charge in [-0.25, -0.2) is 0 Å². The molecule has 0 radical (unpaired) electrons. The Labute approximate surface area is 79.1 Å². The van der Waals surface area contributed by atoms with Crippen molar-refractivity contribution in [3.05, 3.63) is 11.8 Å². The predicted octanol–water partition coefficient (Wildman–Crippen LogP) is 2.83. The molecular formula is C10H17NO2. The minimum Gasteiger partial charge on any atom is -0.479 e. The third-order valence-corrected chi connectivity index (χ3v) is 2.33. The molecular weight excluding hydrogens is 166 g/mol. The molecule has 1 atom stereocenters. The molecule has 1 unspecified atom stereocenters. The highest BCUT2D eigenvalue weighted by Crippen LogP contribution is 2.29. The normalized spacial score (nSPS) is 13.3. The quantitative estimate of drug-likeness (QED) is 0.720. The number of aromatic nitrogens is 1. The minimum absolute atomic E-state index is 0.441. The molecule has 0 amide bonds. The molecule has 1 heterocycles. The molecule has 0 saturated carbocycles. The Bertz CT molecular complexity index is 255. The van der Waals surface area contributed by atoms with Crippen LogP contribution in [0.2, 0.25) is 0 Å². The van der Waals surface area contributed by atoms with Gasteiger partial charge in [-0.3, -0.25) is 0 Å². The molecule has 0 aliphatic heterocycles. The van der Waals surface area contributed by atoms with Crippen molar-refractivity contribution in [2.24, 2.45) is 5.92 Å². The van der Waals surface area contributed by atoms with Crippen LogP contribution in [0.4, 0.5) is 0 Å². The van der Waals surface area contributed by atoms with Crippen molar-refractivity contribution in [3.8, 4) is 5.88 Å². The molecule has 0 fully saturated rings. The van der Waals surface area contributed by atoms with E-state index in [-0.39, 0.29) is 0 Å². The Hall–Kier alpha value is -0.990. The fourth-order valence-electron chi connectivity index (χ4n) is 1.54. The van der Waals surface area contributed by atoms with Crippen LogP contribution in [0, 0.1) is 5.92 Å². The summed E-state index contributed by atoms with van der Waals surface area (Å²) in [4.78, 5) is 0. The van der Waals surface area contributed by atoms with Gasteiger partial charge < -0.3 is 9.26 Å². The van der Waals surface area contributed by atoms with Crippen LogP contribution in [0.15, 0.2) is 10.6 Å². The summed E-state index contributed by atoms with van der Waals surface area (Å²) in [7, 11) is 1.60. The number of nitrogens with zero attached hydrogens (tertiary/aromatic N) is 1. The second-order valence-electron chi connectivity index (χ2n) is 3.53. The van der Waals surface area contributed by atoms with E-state index in [2.05, 4.69) is 25.9 Å². The Morgan fingerprint density at radius 3 is 2.62 bits per heavy atom. The van der Waals surface area contributed by atoms with Crippen molar-refractivity contribution < 1.29 is 9.26 Å². The standard InChI is InChI=1S/C10H17NO2/c1-5-8(7(2)3)9-6-10(12-4)11-13-9/h6-8H,5H2,1-4H3. The van der Waals surface area contributed by atoms with E-state index < -0.39 is 0 Å². The Balaban J connectivity index is 2.79. The Morgan fingerprint density at radius 1 is 1.54 bits per heavy atom. The lowest BCUT2D eigenvalue weighted by Gasteiger charge is -2.14. The Morgan fingerprint density at radius 2 is 2.23 bits per heavy atom. The number of hydrogen-bond donors (Lipinski definition) is 0. The molecule has 74 valence electrons. The average Bonchev–Trinajstić information content (AvgIpc) is 2.53. The van der Waals surface area contributed by atoms with Gasteiger partial charge in [0, 0.05) is 12.0 Å². The van der Waals surface area contributed by atoms with Crippen LogP contribution in [-0.4, -0.2) is 12.3 Å². The molecule has 1 rings (SSSR count). The van der Waals surface area contributed by atoms with Crippen molar-refractivity contribution in [1.82, 2.24) is 5.16 Å². The molecule has 0 saturated heterocycles. The molecule has 0 aromatic carbocycles. The van der Waals surface area contributed by atoms with E-state index in [9.17, 15) is 0 Å². The number of ether oxygens (including phenoxy) is 1. The second-order valence-corrected chi connectivity index (χ2v) is 3.53. The third kappa shape index (κ3) is 2.23. The first-order chi connectivity index (χ1) is 6.19. The van der Waals surface area contributed by atoms with Crippen LogP contribution >= 0.6 is 0 Å². The van der Waals surface area contributed by atoms with Crippen LogP contribution in [0.3, 0.4) is 0 Å². The fourth-order valence-corrected chi connectivity index (χ4v) is 1.54. The second kappa shape index (κ2) is 4.30.